The van der Waals surface area contributed by atoms with Crippen molar-refractivity contribution in [3.63, 3.8) is 0 Å². The normalized spacial score (nSPS) is 11.7. The Morgan fingerprint density at radius 3 is 2.53 bits per heavy atom. The van der Waals surface area contributed by atoms with Gasteiger partial charge in [0.15, 0.2) is 0 Å². The van der Waals surface area contributed by atoms with E-state index in [9.17, 15) is 12.8 Å². The minimum atomic E-state index is -3.22. The summed E-state index contributed by atoms with van der Waals surface area (Å²) in [5.41, 5.74) is 1.06. The second-order valence-electron chi connectivity index (χ2n) is 4.29. The molecule has 0 aromatic heterocycles. The Balaban J connectivity index is 2.16. The third kappa shape index (κ3) is 7.25. The molecule has 0 aliphatic rings. The molecule has 0 amide bonds. The first-order chi connectivity index (χ1) is 9.03. The molecular formula is C13H20FNO3S. The summed E-state index contributed by atoms with van der Waals surface area (Å²) >= 11 is 0. The number of methoxy groups -OCH3 is 1. The van der Waals surface area contributed by atoms with Crippen molar-refractivity contribution in [3.05, 3.63) is 35.6 Å². The lowest BCUT2D eigenvalue weighted by atomic mass is 10.1. The number of hydrogen-bond donors (Lipinski definition) is 1. The van der Waals surface area contributed by atoms with E-state index in [4.69, 9.17) is 4.74 Å². The van der Waals surface area contributed by atoms with Crippen LogP contribution in [0.1, 0.15) is 18.4 Å². The van der Waals surface area contributed by atoms with E-state index in [1.165, 1.54) is 19.2 Å². The van der Waals surface area contributed by atoms with Crippen molar-refractivity contribution in [2.75, 3.05) is 26.0 Å². The lowest BCUT2D eigenvalue weighted by Crippen LogP contribution is -2.29. The van der Waals surface area contributed by atoms with Crippen LogP contribution in [-0.4, -0.2) is 34.4 Å². The van der Waals surface area contributed by atoms with Crippen LogP contribution < -0.4 is 4.72 Å². The molecule has 0 bridgehead atoms. The summed E-state index contributed by atoms with van der Waals surface area (Å²) in [6, 6.07) is 6.36. The highest BCUT2D eigenvalue weighted by atomic mass is 32.2. The molecule has 1 aromatic rings. The Hall–Kier alpha value is -0.980. The van der Waals surface area contributed by atoms with Gasteiger partial charge in [-0.15, -0.1) is 0 Å². The SMILES string of the molecule is COCCS(=O)(=O)NCCCCc1ccc(F)cc1. The van der Waals surface area contributed by atoms with Crippen molar-refractivity contribution in [2.24, 2.45) is 0 Å². The number of ether oxygens (including phenoxy) is 1. The summed E-state index contributed by atoms with van der Waals surface area (Å²) in [5, 5.41) is 0. The minimum Gasteiger partial charge on any atom is -0.384 e. The fraction of sp³-hybridized carbons (Fsp3) is 0.538. The van der Waals surface area contributed by atoms with Crippen molar-refractivity contribution in [1.29, 1.82) is 0 Å². The largest absolute Gasteiger partial charge is 0.384 e. The highest BCUT2D eigenvalue weighted by Crippen LogP contribution is 2.06. The lowest BCUT2D eigenvalue weighted by Gasteiger charge is -2.06. The monoisotopic (exact) mass is 289 g/mol. The maximum Gasteiger partial charge on any atom is 0.213 e. The van der Waals surface area contributed by atoms with Gasteiger partial charge >= 0.3 is 0 Å². The number of benzene rings is 1. The van der Waals surface area contributed by atoms with Crippen LogP contribution in [0.15, 0.2) is 24.3 Å². The van der Waals surface area contributed by atoms with Gasteiger partial charge in [-0.3, -0.25) is 0 Å². The molecule has 6 heteroatoms. The van der Waals surface area contributed by atoms with E-state index in [-0.39, 0.29) is 18.2 Å². The molecule has 0 aliphatic heterocycles. The Bertz CT molecular complexity index is 459. The Kier molecular flexibility index (Phi) is 6.97. The zero-order chi connectivity index (χ0) is 14.1. The van der Waals surface area contributed by atoms with Gasteiger partial charge < -0.3 is 4.74 Å². The molecule has 0 spiro atoms. The highest BCUT2D eigenvalue weighted by Gasteiger charge is 2.08. The third-order valence-corrected chi connectivity index (χ3v) is 4.03. The maximum absolute atomic E-state index is 12.7. The number of rotatable bonds is 9. The summed E-state index contributed by atoms with van der Waals surface area (Å²) in [7, 11) is -1.75. The van der Waals surface area contributed by atoms with Crippen molar-refractivity contribution in [1.82, 2.24) is 4.72 Å². The maximum atomic E-state index is 12.7. The lowest BCUT2D eigenvalue weighted by molar-refractivity contribution is 0.217. The van der Waals surface area contributed by atoms with E-state index in [1.807, 2.05) is 0 Å². The zero-order valence-corrected chi connectivity index (χ0v) is 11.9. The molecule has 0 atom stereocenters. The predicted molar refractivity (Wildman–Crippen MR) is 73.0 cm³/mol. The summed E-state index contributed by atoms with van der Waals surface area (Å²) in [4.78, 5) is 0. The number of sulfonamides is 1. The molecule has 0 radical (unpaired) electrons. The molecule has 1 N–H and O–H groups in total. The Labute approximate surface area is 114 Å². The highest BCUT2D eigenvalue weighted by molar-refractivity contribution is 7.89. The second kappa shape index (κ2) is 8.24. The van der Waals surface area contributed by atoms with E-state index >= 15 is 0 Å². The topological polar surface area (TPSA) is 55.4 Å². The summed E-state index contributed by atoms with van der Waals surface area (Å²) in [5.74, 6) is -0.254. The Morgan fingerprint density at radius 1 is 1.21 bits per heavy atom. The number of unbranched alkanes of at least 4 members (excludes halogenated alkanes) is 1. The first-order valence-electron chi connectivity index (χ1n) is 6.24. The molecule has 0 unspecified atom stereocenters. The molecule has 1 rings (SSSR count). The molecule has 4 nitrogen and oxygen atoms in total. The van der Waals surface area contributed by atoms with Crippen LogP contribution in [0.2, 0.25) is 0 Å². The van der Waals surface area contributed by atoms with Crippen molar-refractivity contribution in [3.8, 4) is 0 Å². The van der Waals surface area contributed by atoms with E-state index < -0.39 is 10.0 Å². The quantitative estimate of drug-likeness (QED) is 0.704. The van der Waals surface area contributed by atoms with E-state index in [2.05, 4.69) is 4.72 Å². The average molecular weight is 289 g/mol. The first kappa shape index (κ1) is 16.1. The smallest absolute Gasteiger partial charge is 0.213 e. The molecule has 0 aliphatic carbocycles. The standard InChI is InChI=1S/C13H20FNO3S/c1-18-10-11-19(16,17)15-9-3-2-4-12-5-7-13(14)8-6-12/h5-8,15H,2-4,9-11H2,1H3. The van der Waals surface area contributed by atoms with Crippen LogP contribution in [0.4, 0.5) is 4.39 Å². The first-order valence-corrected chi connectivity index (χ1v) is 7.89. The summed E-state index contributed by atoms with van der Waals surface area (Å²) in [6.45, 7) is 0.623. The van der Waals surface area contributed by atoms with Gasteiger partial charge in [0.1, 0.15) is 5.82 Å². The van der Waals surface area contributed by atoms with Gasteiger partial charge in [0, 0.05) is 13.7 Å². The van der Waals surface area contributed by atoms with Crippen molar-refractivity contribution >= 4 is 10.0 Å². The average Bonchev–Trinajstić information content (AvgIpc) is 2.38. The van der Waals surface area contributed by atoms with Crippen LogP contribution in [0.3, 0.4) is 0 Å². The number of aryl methyl sites for hydroxylation is 1. The predicted octanol–water partition coefficient (Wildman–Crippen LogP) is 1.71. The fourth-order valence-electron chi connectivity index (χ4n) is 1.60. The van der Waals surface area contributed by atoms with E-state index in [1.54, 1.807) is 12.1 Å². The number of nitrogens with one attached hydrogen (secondary N) is 1. The van der Waals surface area contributed by atoms with Crippen LogP contribution in [0, 0.1) is 5.82 Å². The minimum absolute atomic E-state index is 0.0124. The van der Waals surface area contributed by atoms with Crippen molar-refractivity contribution < 1.29 is 17.5 Å². The number of halogens is 1. The second-order valence-corrected chi connectivity index (χ2v) is 6.22. The van der Waals surface area contributed by atoms with E-state index in [0.29, 0.717) is 6.54 Å². The molecule has 19 heavy (non-hydrogen) atoms. The molecule has 108 valence electrons. The molecular weight excluding hydrogens is 269 g/mol. The van der Waals surface area contributed by atoms with Gasteiger partial charge in [-0.2, -0.15) is 0 Å². The molecule has 0 heterocycles. The molecule has 1 aromatic carbocycles. The van der Waals surface area contributed by atoms with Gasteiger partial charge in [-0.05, 0) is 37.0 Å². The zero-order valence-electron chi connectivity index (χ0n) is 11.1. The summed E-state index contributed by atoms with van der Waals surface area (Å²) in [6.07, 6.45) is 2.43. The van der Waals surface area contributed by atoms with Gasteiger partial charge in [0.2, 0.25) is 10.0 Å². The van der Waals surface area contributed by atoms with Gasteiger partial charge in [0.05, 0.1) is 12.4 Å². The molecule has 0 fully saturated rings. The van der Waals surface area contributed by atoms with E-state index in [0.717, 1.165) is 24.8 Å². The van der Waals surface area contributed by atoms with Crippen LogP contribution in [0.5, 0.6) is 0 Å². The third-order valence-electron chi connectivity index (χ3n) is 2.68. The Morgan fingerprint density at radius 2 is 1.89 bits per heavy atom. The molecule has 0 saturated carbocycles. The van der Waals surface area contributed by atoms with Crippen LogP contribution in [-0.2, 0) is 21.2 Å². The number of hydrogen-bond acceptors (Lipinski definition) is 3. The van der Waals surface area contributed by atoms with Crippen molar-refractivity contribution in [2.45, 2.75) is 19.3 Å². The molecule has 0 saturated heterocycles. The van der Waals surface area contributed by atoms with Crippen LogP contribution >= 0.6 is 0 Å². The van der Waals surface area contributed by atoms with Crippen LogP contribution in [0.25, 0.3) is 0 Å². The summed E-state index contributed by atoms with van der Waals surface area (Å²) < 4.78 is 42.8. The van der Waals surface area contributed by atoms with Gasteiger partial charge in [-0.25, -0.2) is 17.5 Å². The fourth-order valence-corrected chi connectivity index (χ4v) is 2.58. The van der Waals surface area contributed by atoms with Gasteiger partial charge in [0.25, 0.3) is 0 Å². The van der Waals surface area contributed by atoms with Gasteiger partial charge in [-0.1, -0.05) is 12.1 Å².